The van der Waals surface area contributed by atoms with Gasteiger partial charge in [0.1, 0.15) is 6.61 Å². The Morgan fingerprint density at radius 1 is 1.07 bits per heavy atom. The van der Waals surface area contributed by atoms with Crippen LogP contribution in [0.2, 0.25) is 0 Å². The third-order valence-corrected chi connectivity index (χ3v) is 5.11. The Bertz CT molecular complexity index is 1050. The molecule has 3 aromatic rings. The first-order chi connectivity index (χ1) is 14.7. The predicted molar refractivity (Wildman–Crippen MR) is 115 cm³/mol. The average molecular weight is 403 g/mol. The minimum atomic E-state index is -0.279. The normalized spacial score (nSPS) is 14.9. The SMILES string of the molecule is CCOC(=O)Cc1cccc2c1OC(c1cccc(-c3cccc(CN)c3)c1)CO2. The molecule has 1 heterocycles. The summed E-state index contributed by atoms with van der Waals surface area (Å²) >= 11 is 0. The third kappa shape index (κ3) is 4.31. The largest absolute Gasteiger partial charge is 0.485 e. The zero-order valence-corrected chi connectivity index (χ0v) is 17.0. The van der Waals surface area contributed by atoms with Crippen LogP contribution in [0, 0.1) is 0 Å². The molecule has 0 aliphatic carbocycles. The highest BCUT2D eigenvalue weighted by atomic mass is 16.6. The fourth-order valence-corrected chi connectivity index (χ4v) is 3.62. The van der Waals surface area contributed by atoms with Gasteiger partial charge in [0.05, 0.1) is 13.0 Å². The predicted octanol–water partition coefficient (Wildman–Crippen LogP) is 4.43. The van der Waals surface area contributed by atoms with Gasteiger partial charge in [0.15, 0.2) is 17.6 Å². The number of carbonyl (C=O) groups is 1. The zero-order valence-electron chi connectivity index (χ0n) is 17.0. The Kier molecular flexibility index (Phi) is 6.00. The lowest BCUT2D eigenvalue weighted by Crippen LogP contribution is -2.23. The molecule has 5 nitrogen and oxygen atoms in total. The van der Waals surface area contributed by atoms with Crippen molar-refractivity contribution >= 4 is 5.97 Å². The molecule has 0 fully saturated rings. The summed E-state index contributed by atoms with van der Waals surface area (Å²) in [6.45, 7) is 3.06. The van der Waals surface area contributed by atoms with Gasteiger partial charge >= 0.3 is 5.97 Å². The number of ether oxygens (including phenoxy) is 3. The number of fused-ring (bicyclic) bond motifs is 1. The molecule has 0 bridgehead atoms. The van der Waals surface area contributed by atoms with Gasteiger partial charge in [0.2, 0.25) is 0 Å². The van der Waals surface area contributed by atoms with Gasteiger partial charge in [-0.1, -0.05) is 48.5 Å². The summed E-state index contributed by atoms with van der Waals surface area (Å²) in [6.07, 6.45) is -0.113. The van der Waals surface area contributed by atoms with Crippen LogP contribution < -0.4 is 15.2 Å². The van der Waals surface area contributed by atoms with E-state index in [4.69, 9.17) is 19.9 Å². The van der Waals surface area contributed by atoms with Crippen molar-refractivity contribution in [3.05, 3.63) is 83.4 Å². The van der Waals surface area contributed by atoms with E-state index < -0.39 is 0 Å². The molecule has 0 saturated heterocycles. The highest BCUT2D eigenvalue weighted by molar-refractivity contribution is 5.74. The number of hydrogen-bond donors (Lipinski definition) is 1. The number of esters is 1. The molecule has 0 spiro atoms. The Morgan fingerprint density at radius 3 is 2.63 bits per heavy atom. The van der Waals surface area contributed by atoms with Crippen molar-refractivity contribution in [2.45, 2.75) is 26.0 Å². The molecule has 1 atom stereocenters. The summed E-state index contributed by atoms with van der Waals surface area (Å²) in [5.74, 6) is 0.982. The summed E-state index contributed by atoms with van der Waals surface area (Å²) in [5.41, 5.74) is 10.9. The van der Waals surface area contributed by atoms with Crippen LogP contribution >= 0.6 is 0 Å². The van der Waals surface area contributed by atoms with Crippen molar-refractivity contribution in [2.24, 2.45) is 5.73 Å². The van der Waals surface area contributed by atoms with Gasteiger partial charge in [-0.2, -0.15) is 0 Å². The summed E-state index contributed by atoms with van der Waals surface area (Å²) in [6, 6.07) is 22.0. The minimum Gasteiger partial charge on any atom is -0.485 e. The molecule has 154 valence electrons. The maximum atomic E-state index is 12.0. The first-order valence-corrected chi connectivity index (χ1v) is 10.1. The van der Waals surface area contributed by atoms with Gasteiger partial charge < -0.3 is 19.9 Å². The first-order valence-electron chi connectivity index (χ1n) is 10.1. The quantitative estimate of drug-likeness (QED) is 0.617. The Labute approximate surface area is 176 Å². The topological polar surface area (TPSA) is 70.8 Å². The van der Waals surface area contributed by atoms with E-state index >= 15 is 0 Å². The van der Waals surface area contributed by atoms with Gasteiger partial charge in [-0.15, -0.1) is 0 Å². The lowest BCUT2D eigenvalue weighted by atomic mass is 9.99. The van der Waals surface area contributed by atoms with Gasteiger partial charge in [0.25, 0.3) is 0 Å². The number of rotatable bonds is 6. The van der Waals surface area contributed by atoms with E-state index in [1.54, 1.807) is 6.92 Å². The number of para-hydroxylation sites is 1. The van der Waals surface area contributed by atoms with Crippen LogP contribution in [0.5, 0.6) is 11.5 Å². The zero-order chi connectivity index (χ0) is 20.9. The fourth-order valence-electron chi connectivity index (χ4n) is 3.62. The Balaban J connectivity index is 1.60. The number of benzene rings is 3. The lowest BCUT2D eigenvalue weighted by molar-refractivity contribution is -0.142. The molecule has 5 heteroatoms. The second kappa shape index (κ2) is 9.01. The average Bonchev–Trinajstić information content (AvgIpc) is 2.79. The van der Waals surface area contributed by atoms with Crippen LogP contribution in [0.15, 0.2) is 66.7 Å². The molecule has 3 aromatic carbocycles. The summed E-state index contributed by atoms with van der Waals surface area (Å²) < 4.78 is 17.4. The second-order valence-electron chi connectivity index (χ2n) is 7.17. The smallest absolute Gasteiger partial charge is 0.310 e. The molecule has 0 amide bonds. The van der Waals surface area contributed by atoms with Crippen LogP contribution in [-0.4, -0.2) is 19.2 Å². The van der Waals surface area contributed by atoms with Crippen LogP contribution in [0.25, 0.3) is 11.1 Å². The van der Waals surface area contributed by atoms with Gasteiger partial charge in [-0.3, -0.25) is 4.79 Å². The molecule has 0 aromatic heterocycles. The van der Waals surface area contributed by atoms with Crippen LogP contribution in [0.3, 0.4) is 0 Å². The molecule has 4 rings (SSSR count). The van der Waals surface area contributed by atoms with Crippen LogP contribution in [0.1, 0.15) is 29.7 Å². The number of hydrogen-bond acceptors (Lipinski definition) is 5. The Hall–Kier alpha value is -3.31. The van der Waals surface area contributed by atoms with E-state index in [0.717, 1.165) is 27.8 Å². The van der Waals surface area contributed by atoms with Crippen molar-refractivity contribution in [3.63, 3.8) is 0 Å². The molecule has 30 heavy (non-hydrogen) atoms. The molecule has 2 N–H and O–H groups in total. The second-order valence-corrected chi connectivity index (χ2v) is 7.17. The van der Waals surface area contributed by atoms with E-state index in [1.807, 2.05) is 42.5 Å². The first kappa shape index (κ1) is 20.0. The molecule has 0 saturated carbocycles. The van der Waals surface area contributed by atoms with E-state index in [2.05, 4.69) is 24.3 Å². The lowest BCUT2D eigenvalue weighted by Gasteiger charge is -2.28. The van der Waals surface area contributed by atoms with Crippen LogP contribution in [0.4, 0.5) is 0 Å². The van der Waals surface area contributed by atoms with Gasteiger partial charge in [-0.25, -0.2) is 0 Å². The van der Waals surface area contributed by atoms with Crippen molar-refractivity contribution in [2.75, 3.05) is 13.2 Å². The molecule has 1 aliphatic rings. The standard InChI is InChI=1S/C25H25NO4/c1-2-28-24(27)14-21-10-5-11-22-25(21)30-23(16-29-22)20-9-4-8-19(13-20)18-7-3-6-17(12-18)15-26/h3-13,23H,2,14-16,26H2,1H3. The number of nitrogens with two attached hydrogens (primary N) is 1. The van der Waals surface area contributed by atoms with Gasteiger partial charge in [-0.05, 0) is 47.4 Å². The molecule has 0 radical (unpaired) electrons. The maximum Gasteiger partial charge on any atom is 0.310 e. The summed E-state index contributed by atoms with van der Waals surface area (Å²) in [5, 5.41) is 0. The highest BCUT2D eigenvalue weighted by Gasteiger charge is 2.26. The van der Waals surface area contributed by atoms with Crippen LogP contribution in [-0.2, 0) is 22.5 Å². The molecular formula is C25H25NO4. The van der Waals surface area contributed by atoms with E-state index in [0.29, 0.717) is 31.3 Å². The summed E-state index contributed by atoms with van der Waals surface area (Å²) in [4.78, 5) is 12.0. The van der Waals surface area contributed by atoms with Crippen molar-refractivity contribution in [3.8, 4) is 22.6 Å². The highest BCUT2D eigenvalue weighted by Crippen LogP contribution is 2.40. The van der Waals surface area contributed by atoms with Crippen molar-refractivity contribution < 1.29 is 19.0 Å². The molecular weight excluding hydrogens is 378 g/mol. The minimum absolute atomic E-state index is 0.152. The van der Waals surface area contributed by atoms with E-state index in [-0.39, 0.29) is 18.5 Å². The van der Waals surface area contributed by atoms with E-state index in [1.165, 1.54) is 0 Å². The van der Waals surface area contributed by atoms with E-state index in [9.17, 15) is 4.79 Å². The summed E-state index contributed by atoms with van der Waals surface area (Å²) in [7, 11) is 0. The Morgan fingerprint density at radius 2 is 1.83 bits per heavy atom. The van der Waals surface area contributed by atoms with Crippen molar-refractivity contribution in [1.82, 2.24) is 0 Å². The third-order valence-electron chi connectivity index (χ3n) is 5.11. The maximum absolute atomic E-state index is 12.0. The monoisotopic (exact) mass is 403 g/mol. The fraction of sp³-hybridized carbons (Fsp3) is 0.240. The molecule has 1 unspecified atom stereocenters. The molecule has 1 aliphatic heterocycles. The number of carbonyl (C=O) groups excluding carboxylic acids is 1. The van der Waals surface area contributed by atoms with Crippen molar-refractivity contribution in [1.29, 1.82) is 0 Å². The van der Waals surface area contributed by atoms with Gasteiger partial charge in [0, 0.05) is 12.1 Å².